The van der Waals surface area contributed by atoms with Gasteiger partial charge in [-0.1, -0.05) is 42.1 Å². The summed E-state index contributed by atoms with van der Waals surface area (Å²) in [6.07, 6.45) is 0.536. The largest absolute Gasteiger partial charge is 0.323 e. The van der Waals surface area contributed by atoms with E-state index in [4.69, 9.17) is 0 Å². The minimum absolute atomic E-state index is 0.174. The predicted octanol–water partition coefficient (Wildman–Crippen LogP) is 5.87. The van der Waals surface area contributed by atoms with Crippen LogP contribution in [0.25, 0.3) is 22.3 Å². The summed E-state index contributed by atoms with van der Waals surface area (Å²) in [5, 5.41) is 11.7. The van der Waals surface area contributed by atoms with Crippen molar-refractivity contribution in [3.63, 3.8) is 0 Å². The van der Waals surface area contributed by atoms with Crippen LogP contribution in [-0.2, 0) is 18.4 Å². The van der Waals surface area contributed by atoms with E-state index < -0.39 is 6.43 Å². The fourth-order valence-corrected chi connectivity index (χ4v) is 4.89. The number of hydrogen-bond donors (Lipinski definition) is 1. The van der Waals surface area contributed by atoms with Crippen molar-refractivity contribution in [2.75, 3.05) is 5.32 Å². The lowest BCUT2D eigenvalue weighted by molar-refractivity contribution is -0.116. The first kappa shape index (κ1) is 23.7. The Labute approximate surface area is 210 Å². The third-order valence-electron chi connectivity index (χ3n) is 5.57. The van der Waals surface area contributed by atoms with Crippen molar-refractivity contribution in [2.45, 2.75) is 29.7 Å². The Morgan fingerprint density at radius 3 is 2.58 bits per heavy atom. The Kier molecular flexibility index (Phi) is 6.51. The number of anilines is 1. The lowest BCUT2D eigenvalue weighted by Crippen LogP contribution is -2.20. The molecule has 5 rings (SSSR count). The molecule has 0 aliphatic carbocycles. The van der Waals surface area contributed by atoms with E-state index in [-0.39, 0.29) is 29.0 Å². The number of halogens is 2. The maximum absolute atomic E-state index is 14.0. The smallest absolute Gasteiger partial charge is 0.264 e. The highest BCUT2D eigenvalue weighted by Gasteiger charge is 2.22. The molecule has 0 aliphatic rings. The maximum Gasteiger partial charge on any atom is 0.264 e. The quantitative estimate of drug-likeness (QED) is 0.300. The summed E-state index contributed by atoms with van der Waals surface area (Å²) in [7, 11) is 1.74. The van der Waals surface area contributed by atoms with Gasteiger partial charge in [-0.3, -0.25) is 9.48 Å². The standard InChI is InChI=1S/C26H22F2N6OS/c1-16-24-19(25(27)28)12-21(17-13-29-33(2)14-17)31-26(24)34(32-16)15-23(35)30-20-10-6-7-11-22(20)36-18-8-4-3-5-9-18/h3-14,25H,15H2,1-2H3,(H,30,35). The molecule has 5 aromatic rings. The Morgan fingerprint density at radius 1 is 1.11 bits per heavy atom. The second-order valence-corrected chi connectivity index (χ2v) is 9.32. The third kappa shape index (κ3) is 4.85. The zero-order chi connectivity index (χ0) is 25.2. The number of carbonyl (C=O) groups is 1. The molecule has 0 radical (unpaired) electrons. The molecule has 0 bridgehead atoms. The fourth-order valence-electron chi connectivity index (χ4n) is 3.97. The van der Waals surface area contributed by atoms with E-state index >= 15 is 0 Å². The highest BCUT2D eigenvalue weighted by Crippen LogP contribution is 2.34. The van der Waals surface area contributed by atoms with Crippen LogP contribution in [0, 0.1) is 6.92 Å². The molecule has 0 aliphatic heterocycles. The number of nitrogens with zero attached hydrogens (tertiary/aromatic N) is 5. The number of aryl methyl sites for hydroxylation is 2. The van der Waals surface area contributed by atoms with Crippen LogP contribution in [0.1, 0.15) is 17.7 Å². The van der Waals surface area contributed by atoms with Gasteiger partial charge < -0.3 is 5.32 Å². The zero-order valence-electron chi connectivity index (χ0n) is 19.5. The Hall–Kier alpha value is -4.05. The van der Waals surface area contributed by atoms with Gasteiger partial charge >= 0.3 is 0 Å². The van der Waals surface area contributed by atoms with Crippen LogP contribution >= 0.6 is 11.8 Å². The molecular weight excluding hydrogens is 482 g/mol. The molecule has 0 saturated carbocycles. The van der Waals surface area contributed by atoms with Crippen molar-refractivity contribution >= 4 is 34.4 Å². The molecule has 0 fully saturated rings. The van der Waals surface area contributed by atoms with Crippen LogP contribution in [0.4, 0.5) is 14.5 Å². The molecule has 7 nitrogen and oxygen atoms in total. The maximum atomic E-state index is 14.0. The van der Waals surface area contributed by atoms with Gasteiger partial charge in [0.15, 0.2) is 5.65 Å². The number of hydrogen-bond acceptors (Lipinski definition) is 5. The van der Waals surface area contributed by atoms with Crippen LogP contribution in [-0.4, -0.2) is 30.5 Å². The van der Waals surface area contributed by atoms with Gasteiger partial charge in [0, 0.05) is 34.2 Å². The van der Waals surface area contributed by atoms with Crippen LogP contribution in [0.2, 0.25) is 0 Å². The second-order valence-electron chi connectivity index (χ2n) is 8.20. The van der Waals surface area contributed by atoms with Gasteiger partial charge in [0.25, 0.3) is 6.43 Å². The molecule has 10 heteroatoms. The van der Waals surface area contributed by atoms with Crippen molar-refractivity contribution in [2.24, 2.45) is 7.05 Å². The van der Waals surface area contributed by atoms with Gasteiger partial charge in [0.05, 0.1) is 28.7 Å². The first-order valence-electron chi connectivity index (χ1n) is 11.2. The van der Waals surface area contributed by atoms with E-state index in [9.17, 15) is 13.6 Å². The number of rotatable bonds is 7. The molecule has 182 valence electrons. The highest BCUT2D eigenvalue weighted by atomic mass is 32.2. The van der Waals surface area contributed by atoms with E-state index in [0.717, 1.165) is 9.79 Å². The average molecular weight is 505 g/mol. The molecule has 0 saturated heterocycles. The first-order chi connectivity index (χ1) is 17.4. The molecule has 3 heterocycles. The SMILES string of the molecule is Cc1nn(CC(=O)Nc2ccccc2Sc2ccccc2)c2nc(-c3cnn(C)c3)cc(C(F)F)c12. The second kappa shape index (κ2) is 9.90. The minimum Gasteiger partial charge on any atom is -0.323 e. The number of benzene rings is 2. The van der Waals surface area contributed by atoms with E-state index in [1.54, 1.807) is 31.0 Å². The summed E-state index contributed by atoms with van der Waals surface area (Å²) >= 11 is 1.54. The molecular formula is C26H22F2N6OS. The summed E-state index contributed by atoms with van der Waals surface area (Å²) < 4.78 is 30.9. The molecule has 0 unspecified atom stereocenters. The number of para-hydroxylation sites is 1. The van der Waals surface area contributed by atoms with Crippen molar-refractivity contribution < 1.29 is 13.6 Å². The molecule has 0 atom stereocenters. The molecule has 36 heavy (non-hydrogen) atoms. The van der Waals surface area contributed by atoms with Gasteiger partial charge in [-0.25, -0.2) is 18.4 Å². The topological polar surface area (TPSA) is 77.6 Å². The molecule has 1 N–H and O–H groups in total. The Morgan fingerprint density at radius 2 is 1.86 bits per heavy atom. The Balaban J connectivity index is 1.46. The van der Waals surface area contributed by atoms with Gasteiger partial charge in [0.2, 0.25) is 5.91 Å². The Bertz CT molecular complexity index is 1550. The van der Waals surface area contributed by atoms with E-state index in [1.165, 1.54) is 22.5 Å². The number of carbonyl (C=O) groups excluding carboxylic acids is 1. The number of amides is 1. The monoisotopic (exact) mass is 504 g/mol. The van der Waals surface area contributed by atoms with Gasteiger partial charge in [-0.15, -0.1) is 0 Å². The van der Waals surface area contributed by atoms with Gasteiger partial charge in [-0.2, -0.15) is 10.2 Å². The van der Waals surface area contributed by atoms with E-state index in [1.807, 2.05) is 54.6 Å². The van der Waals surface area contributed by atoms with Crippen LogP contribution in [0.5, 0.6) is 0 Å². The number of pyridine rings is 1. The summed E-state index contributed by atoms with van der Waals surface area (Å²) in [5.74, 6) is -0.340. The number of nitrogens with one attached hydrogen (secondary N) is 1. The summed E-state index contributed by atoms with van der Waals surface area (Å²) in [4.78, 5) is 19.6. The summed E-state index contributed by atoms with van der Waals surface area (Å²) in [6, 6.07) is 18.7. The number of aromatic nitrogens is 5. The molecule has 0 spiro atoms. The average Bonchev–Trinajstić information content (AvgIpc) is 3.43. The zero-order valence-corrected chi connectivity index (χ0v) is 20.3. The van der Waals surface area contributed by atoms with E-state index in [2.05, 4.69) is 20.5 Å². The van der Waals surface area contributed by atoms with Crippen LogP contribution < -0.4 is 5.32 Å². The normalized spacial score (nSPS) is 11.4. The van der Waals surface area contributed by atoms with E-state index in [0.29, 0.717) is 22.6 Å². The molecule has 2 aromatic carbocycles. The third-order valence-corrected chi connectivity index (χ3v) is 6.65. The van der Waals surface area contributed by atoms with Gasteiger partial charge in [0.1, 0.15) is 6.54 Å². The lowest BCUT2D eigenvalue weighted by atomic mass is 10.1. The number of alkyl halides is 2. The van der Waals surface area contributed by atoms with Crippen molar-refractivity contribution in [3.05, 3.63) is 84.3 Å². The van der Waals surface area contributed by atoms with Crippen molar-refractivity contribution in [3.8, 4) is 11.3 Å². The predicted molar refractivity (Wildman–Crippen MR) is 135 cm³/mol. The summed E-state index contributed by atoms with van der Waals surface area (Å²) in [6.45, 7) is 1.46. The van der Waals surface area contributed by atoms with Crippen molar-refractivity contribution in [1.82, 2.24) is 24.5 Å². The first-order valence-corrected chi connectivity index (χ1v) is 12.0. The number of fused-ring (bicyclic) bond motifs is 1. The minimum atomic E-state index is -2.72. The van der Waals surface area contributed by atoms with Crippen LogP contribution in [0.15, 0.2) is 82.8 Å². The van der Waals surface area contributed by atoms with Gasteiger partial charge in [-0.05, 0) is 37.3 Å². The van der Waals surface area contributed by atoms with Crippen LogP contribution in [0.3, 0.4) is 0 Å². The molecule has 1 amide bonds. The fraction of sp³-hybridized carbons (Fsp3) is 0.154. The lowest BCUT2D eigenvalue weighted by Gasteiger charge is -2.11. The molecule has 3 aromatic heterocycles. The summed E-state index contributed by atoms with van der Waals surface area (Å²) in [5.41, 5.74) is 2.04. The highest BCUT2D eigenvalue weighted by molar-refractivity contribution is 7.99. The van der Waals surface area contributed by atoms with Crippen molar-refractivity contribution in [1.29, 1.82) is 0 Å².